The normalized spacial score (nSPS) is 18.9. The van der Waals surface area contributed by atoms with E-state index in [1.54, 1.807) is 6.20 Å². The molecule has 0 aromatic carbocycles. The predicted octanol–water partition coefficient (Wildman–Crippen LogP) is 1.82. The summed E-state index contributed by atoms with van der Waals surface area (Å²) in [5.74, 6) is 2.31. The van der Waals surface area contributed by atoms with Gasteiger partial charge in [-0.1, -0.05) is 11.6 Å². The zero-order chi connectivity index (χ0) is 6.97. The predicted molar refractivity (Wildman–Crippen MR) is 43.6 cm³/mol. The van der Waals surface area contributed by atoms with Gasteiger partial charge in [-0.15, -0.1) is 0 Å². The molecular weight excluding hydrogens is 168 g/mol. The van der Waals surface area contributed by atoms with Crippen LogP contribution in [-0.2, 0) is 0 Å². The van der Waals surface area contributed by atoms with Gasteiger partial charge < -0.3 is 0 Å². The molecule has 2 nitrogen and oxygen atoms in total. The third-order valence-corrected chi connectivity index (χ3v) is 3.13. The van der Waals surface area contributed by atoms with Crippen molar-refractivity contribution in [1.29, 1.82) is 0 Å². The molecule has 2 rings (SSSR count). The molecule has 0 atom stereocenters. The van der Waals surface area contributed by atoms with E-state index in [0.717, 1.165) is 16.7 Å². The van der Waals surface area contributed by atoms with E-state index in [1.807, 2.05) is 22.5 Å². The number of hydrogen-bond donors (Lipinski definition) is 0. The Morgan fingerprint density at radius 2 is 2.50 bits per heavy atom. The van der Waals surface area contributed by atoms with E-state index in [1.165, 1.54) is 0 Å². The molecule has 54 valence electrons. The van der Waals surface area contributed by atoms with Gasteiger partial charge in [0, 0.05) is 11.5 Å². The quantitative estimate of drug-likeness (QED) is 0.647. The van der Waals surface area contributed by atoms with Gasteiger partial charge in [-0.3, -0.25) is 0 Å². The van der Waals surface area contributed by atoms with Gasteiger partial charge >= 0.3 is 0 Å². The molecule has 1 aliphatic heterocycles. The van der Waals surface area contributed by atoms with Crippen LogP contribution in [-0.4, -0.2) is 21.3 Å². The van der Waals surface area contributed by atoms with Gasteiger partial charge in [0.25, 0.3) is 0 Å². The van der Waals surface area contributed by atoms with Gasteiger partial charge in [0.1, 0.15) is 5.15 Å². The van der Waals surface area contributed by atoms with Crippen LogP contribution in [0.1, 0.15) is 6.04 Å². The van der Waals surface area contributed by atoms with Crippen LogP contribution in [0.3, 0.4) is 0 Å². The molecule has 0 saturated carbocycles. The maximum atomic E-state index is 5.84. The van der Waals surface area contributed by atoms with Gasteiger partial charge in [0.2, 0.25) is 0 Å². The van der Waals surface area contributed by atoms with Crippen LogP contribution in [0.2, 0.25) is 5.15 Å². The van der Waals surface area contributed by atoms with Crippen molar-refractivity contribution in [1.82, 2.24) is 9.78 Å². The molecule has 0 aliphatic carbocycles. The molecule has 0 radical (unpaired) electrons. The molecule has 1 aromatic rings. The SMILES string of the molecule is Clc1ccnn1C1CSC1. The maximum absolute atomic E-state index is 5.84. The zero-order valence-corrected chi connectivity index (χ0v) is 6.90. The summed E-state index contributed by atoms with van der Waals surface area (Å²) in [7, 11) is 0. The molecule has 4 heteroatoms. The number of thioether (sulfide) groups is 1. The van der Waals surface area contributed by atoms with E-state index in [4.69, 9.17) is 11.6 Å². The Balaban J connectivity index is 2.23. The summed E-state index contributed by atoms with van der Waals surface area (Å²) in [4.78, 5) is 0. The van der Waals surface area contributed by atoms with Crippen LogP contribution < -0.4 is 0 Å². The van der Waals surface area contributed by atoms with Gasteiger partial charge in [-0.05, 0) is 6.07 Å². The van der Waals surface area contributed by atoms with Gasteiger partial charge in [0.15, 0.2) is 0 Å². The molecule has 10 heavy (non-hydrogen) atoms. The highest BCUT2D eigenvalue weighted by Crippen LogP contribution is 2.30. The van der Waals surface area contributed by atoms with Crippen LogP contribution in [0.15, 0.2) is 12.3 Å². The summed E-state index contributed by atoms with van der Waals surface area (Å²) < 4.78 is 1.89. The summed E-state index contributed by atoms with van der Waals surface area (Å²) >= 11 is 7.77. The van der Waals surface area contributed by atoms with Crippen molar-refractivity contribution in [3.63, 3.8) is 0 Å². The Morgan fingerprint density at radius 1 is 1.70 bits per heavy atom. The van der Waals surface area contributed by atoms with Crippen LogP contribution in [0.25, 0.3) is 0 Å². The molecule has 2 heterocycles. The fraction of sp³-hybridized carbons (Fsp3) is 0.500. The first-order chi connectivity index (χ1) is 4.88. The van der Waals surface area contributed by atoms with Gasteiger partial charge in [-0.2, -0.15) is 16.9 Å². The molecular formula is C6H7ClN2S. The highest BCUT2D eigenvalue weighted by Gasteiger charge is 2.21. The van der Waals surface area contributed by atoms with Crippen molar-refractivity contribution in [3.8, 4) is 0 Å². The van der Waals surface area contributed by atoms with Gasteiger partial charge in [-0.25, -0.2) is 4.68 Å². The summed E-state index contributed by atoms with van der Waals surface area (Å²) in [6.07, 6.45) is 1.74. The summed E-state index contributed by atoms with van der Waals surface area (Å²) in [6.45, 7) is 0. The Morgan fingerprint density at radius 3 is 2.90 bits per heavy atom. The van der Waals surface area contributed by atoms with E-state index < -0.39 is 0 Å². The minimum atomic E-state index is 0.549. The molecule has 1 aliphatic rings. The summed E-state index contributed by atoms with van der Waals surface area (Å²) in [5.41, 5.74) is 0. The average molecular weight is 175 g/mol. The van der Waals surface area contributed by atoms with E-state index in [2.05, 4.69) is 5.10 Å². The van der Waals surface area contributed by atoms with Crippen molar-refractivity contribution < 1.29 is 0 Å². The molecule has 1 saturated heterocycles. The van der Waals surface area contributed by atoms with E-state index in [9.17, 15) is 0 Å². The Labute approximate surface area is 68.6 Å². The highest BCUT2D eigenvalue weighted by atomic mass is 35.5. The van der Waals surface area contributed by atoms with Crippen LogP contribution in [0, 0.1) is 0 Å². The lowest BCUT2D eigenvalue weighted by molar-refractivity contribution is 0.528. The molecule has 0 spiro atoms. The number of rotatable bonds is 1. The lowest BCUT2D eigenvalue weighted by Gasteiger charge is -2.25. The van der Waals surface area contributed by atoms with E-state index in [-0.39, 0.29) is 0 Å². The zero-order valence-electron chi connectivity index (χ0n) is 5.33. The Kier molecular flexibility index (Phi) is 1.62. The van der Waals surface area contributed by atoms with E-state index in [0.29, 0.717) is 6.04 Å². The van der Waals surface area contributed by atoms with Crippen molar-refractivity contribution in [2.45, 2.75) is 6.04 Å². The minimum Gasteiger partial charge on any atom is -0.249 e. The van der Waals surface area contributed by atoms with Gasteiger partial charge in [0.05, 0.1) is 12.2 Å². The van der Waals surface area contributed by atoms with Crippen molar-refractivity contribution in [3.05, 3.63) is 17.4 Å². The number of halogens is 1. The number of nitrogens with zero attached hydrogens (tertiary/aromatic N) is 2. The second-order valence-electron chi connectivity index (χ2n) is 2.29. The second-order valence-corrected chi connectivity index (χ2v) is 3.75. The minimum absolute atomic E-state index is 0.549. The van der Waals surface area contributed by atoms with Crippen LogP contribution in [0.5, 0.6) is 0 Å². The Hall–Kier alpha value is -0.150. The molecule has 1 aromatic heterocycles. The average Bonchev–Trinajstić information content (AvgIpc) is 2.12. The molecule has 0 amide bonds. The molecule has 0 bridgehead atoms. The standard InChI is InChI=1S/C6H7ClN2S/c7-6-1-2-8-9(6)5-3-10-4-5/h1-2,5H,3-4H2. The fourth-order valence-electron chi connectivity index (χ4n) is 0.931. The van der Waals surface area contributed by atoms with E-state index >= 15 is 0 Å². The molecule has 0 unspecified atom stereocenters. The first-order valence-corrected chi connectivity index (χ1v) is 4.68. The number of hydrogen-bond acceptors (Lipinski definition) is 2. The fourth-order valence-corrected chi connectivity index (χ4v) is 1.90. The smallest absolute Gasteiger partial charge is 0.127 e. The first kappa shape index (κ1) is 6.55. The third kappa shape index (κ3) is 0.935. The van der Waals surface area contributed by atoms with Crippen molar-refractivity contribution in [2.24, 2.45) is 0 Å². The largest absolute Gasteiger partial charge is 0.249 e. The number of aromatic nitrogens is 2. The second kappa shape index (κ2) is 2.47. The summed E-state index contributed by atoms with van der Waals surface area (Å²) in [6, 6.07) is 2.37. The third-order valence-electron chi connectivity index (χ3n) is 1.59. The maximum Gasteiger partial charge on any atom is 0.127 e. The van der Waals surface area contributed by atoms with Crippen molar-refractivity contribution in [2.75, 3.05) is 11.5 Å². The summed E-state index contributed by atoms with van der Waals surface area (Å²) in [5, 5.41) is 4.86. The van der Waals surface area contributed by atoms with Crippen molar-refractivity contribution >= 4 is 23.4 Å². The van der Waals surface area contributed by atoms with Crippen LogP contribution in [0.4, 0.5) is 0 Å². The Bertz CT molecular complexity index is 231. The topological polar surface area (TPSA) is 17.8 Å². The lowest BCUT2D eigenvalue weighted by Crippen LogP contribution is -2.23. The first-order valence-electron chi connectivity index (χ1n) is 3.14. The lowest BCUT2D eigenvalue weighted by atomic mass is 10.4. The molecule has 1 fully saturated rings. The highest BCUT2D eigenvalue weighted by molar-refractivity contribution is 8.00. The monoisotopic (exact) mass is 174 g/mol. The van der Waals surface area contributed by atoms with Crippen LogP contribution >= 0.6 is 23.4 Å². The molecule has 0 N–H and O–H groups in total.